The molecule has 0 N–H and O–H groups in total. The van der Waals surface area contributed by atoms with E-state index in [-0.39, 0.29) is 11.2 Å². The molecule has 0 aliphatic carbocycles. The number of imidazole rings is 2. The first-order chi connectivity index (χ1) is 12.0. The van der Waals surface area contributed by atoms with E-state index < -0.39 is 11.2 Å². The average molecular weight is 337 g/mol. The zero-order valence-corrected chi connectivity index (χ0v) is 13.9. The number of nitrogens with zero attached hydrogens (tertiary/aromatic N) is 5. The average Bonchev–Trinajstić information content (AvgIpc) is 3.14. The number of rotatable bonds is 2. The summed E-state index contributed by atoms with van der Waals surface area (Å²) in [7, 11) is 4.74. The number of aldehydes is 1. The van der Waals surface area contributed by atoms with Gasteiger partial charge in [0.25, 0.3) is 5.56 Å². The molecule has 0 bridgehead atoms. The van der Waals surface area contributed by atoms with Crippen LogP contribution in [-0.4, -0.2) is 29.4 Å². The summed E-state index contributed by atoms with van der Waals surface area (Å²) in [6.07, 6.45) is 0.709. The third-order valence-electron chi connectivity index (χ3n) is 4.52. The predicted molar refractivity (Wildman–Crippen MR) is 93.0 cm³/mol. The van der Waals surface area contributed by atoms with Gasteiger partial charge in [0.05, 0.1) is 5.69 Å². The fourth-order valence-electron chi connectivity index (χ4n) is 3.26. The van der Waals surface area contributed by atoms with Crippen molar-refractivity contribution in [2.24, 2.45) is 21.1 Å². The first-order valence-corrected chi connectivity index (χ1v) is 7.64. The van der Waals surface area contributed by atoms with Gasteiger partial charge in [0, 0.05) is 26.7 Å². The zero-order chi connectivity index (χ0) is 17.9. The third-order valence-corrected chi connectivity index (χ3v) is 4.52. The number of hydrogen-bond donors (Lipinski definition) is 0. The van der Waals surface area contributed by atoms with Crippen LogP contribution in [0.25, 0.3) is 28.2 Å². The van der Waals surface area contributed by atoms with Crippen LogP contribution in [0.15, 0.2) is 39.9 Å². The number of hydrogen-bond acceptors (Lipinski definition) is 4. The molecule has 0 amide bonds. The van der Waals surface area contributed by atoms with E-state index in [1.165, 1.54) is 16.0 Å². The molecule has 0 aliphatic rings. The van der Waals surface area contributed by atoms with E-state index in [1.807, 2.05) is 30.3 Å². The van der Waals surface area contributed by atoms with Gasteiger partial charge in [-0.15, -0.1) is 0 Å². The molecule has 0 spiro atoms. The van der Waals surface area contributed by atoms with Gasteiger partial charge in [0.15, 0.2) is 17.5 Å². The monoisotopic (exact) mass is 337 g/mol. The van der Waals surface area contributed by atoms with Gasteiger partial charge >= 0.3 is 5.69 Å². The van der Waals surface area contributed by atoms with Crippen molar-refractivity contribution in [1.29, 1.82) is 0 Å². The van der Waals surface area contributed by atoms with Gasteiger partial charge in [-0.1, -0.05) is 30.3 Å². The summed E-state index contributed by atoms with van der Waals surface area (Å²) < 4.78 is 5.59. The lowest BCUT2D eigenvalue weighted by Gasteiger charge is -2.05. The van der Waals surface area contributed by atoms with Crippen molar-refractivity contribution < 1.29 is 4.79 Å². The van der Waals surface area contributed by atoms with E-state index in [0.717, 1.165) is 10.1 Å². The van der Waals surface area contributed by atoms with E-state index in [9.17, 15) is 14.4 Å². The minimum Gasteiger partial charge on any atom is -0.312 e. The molecule has 0 saturated carbocycles. The second-order valence-electron chi connectivity index (χ2n) is 5.90. The number of carbonyl (C=O) groups excluding carboxylic acids is 1. The van der Waals surface area contributed by atoms with Gasteiger partial charge in [-0.05, 0) is 0 Å². The highest BCUT2D eigenvalue weighted by molar-refractivity contribution is 5.90. The molecule has 8 nitrogen and oxygen atoms in total. The van der Waals surface area contributed by atoms with Crippen molar-refractivity contribution in [2.45, 2.75) is 0 Å². The van der Waals surface area contributed by atoms with Crippen LogP contribution >= 0.6 is 0 Å². The van der Waals surface area contributed by atoms with E-state index >= 15 is 0 Å². The van der Waals surface area contributed by atoms with Crippen molar-refractivity contribution in [3.05, 3.63) is 56.9 Å². The molecule has 25 heavy (non-hydrogen) atoms. The molecule has 4 rings (SSSR count). The summed E-state index contributed by atoms with van der Waals surface area (Å²) in [6.45, 7) is 0. The number of fused-ring (bicyclic) bond motifs is 3. The Balaban J connectivity index is 2.29. The van der Waals surface area contributed by atoms with Crippen molar-refractivity contribution >= 4 is 23.2 Å². The zero-order valence-electron chi connectivity index (χ0n) is 13.9. The Bertz CT molecular complexity index is 1270. The lowest BCUT2D eigenvalue weighted by Crippen LogP contribution is -2.37. The summed E-state index contributed by atoms with van der Waals surface area (Å²) in [5.74, 6) is 0.425. The normalized spacial score (nSPS) is 11.5. The molecule has 0 unspecified atom stereocenters. The quantitative estimate of drug-likeness (QED) is 0.504. The van der Waals surface area contributed by atoms with E-state index in [1.54, 1.807) is 18.7 Å². The molecule has 0 aliphatic heterocycles. The number of aromatic nitrogens is 5. The molecule has 126 valence electrons. The van der Waals surface area contributed by atoms with E-state index in [0.29, 0.717) is 23.5 Å². The minimum absolute atomic E-state index is 0.208. The van der Waals surface area contributed by atoms with Crippen LogP contribution in [0.4, 0.5) is 0 Å². The summed E-state index contributed by atoms with van der Waals surface area (Å²) in [5, 5.41) is 0. The van der Waals surface area contributed by atoms with Crippen molar-refractivity contribution in [3.63, 3.8) is 0 Å². The van der Waals surface area contributed by atoms with Crippen molar-refractivity contribution in [2.75, 3.05) is 0 Å². The SMILES string of the molecule is Cn1c(=O)c2c(nc3n(C)c(-c4ccccc4)c(C=O)n23)n(C)c1=O. The molecule has 8 heteroatoms. The first kappa shape index (κ1) is 15.1. The molecule has 4 aromatic rings. The number of benzene rings is 1. The fourth-order valence-corrected chi connectivity index (χ4v) is 3.26. The third kappa shape index (κ3) is 1.81. The lowest BCUT2D eigenvalue weighted by molar-refractivity contribution is 0.111. The van der Waals surface area contributed by atoms with E-state index in [4.69, 9.17) is 0 Å². The van der Waals surface area contributed by atoms with Crippen LogP contribution in [0.3, 0.4) is 0 Å². The van der Waals surface area contributed by atoms with Gasteiger partial charge in [0.1, 0.15) is 5.69 Å². The molecule has 0 saturated heterocycles. The van der Waals surface area contributed by atoms with Crippen LogP contribution < -0.4 is 11.2 Å². The largest absolute Gasteiger partial charge is 0.332 e. The summed E-state index contributed by atoms with van der Waals surface area (Å²) in [6, 6.07) is 9.41. The maximum atomic E-state index is 12.7. The standard InChI is InChI=1S/C17H15N5O3/c1-19-12(10-7-5-4-6-8-10)11(9-23)22-13-14(18-16(19)22)20(2)17(25)21(3)15(13)24/h4-9H,1-3H3. The Morgan fingerprint density at radius 1 is 0.960 bits per heavy atom. The highest BCUT2D eigenvalue weighted by Gasteiger charge is 2.24. The Kier molecular flexibility index (Phi) is 3.05. The Morgan fingerprint density at radius 3 is 2.28 bits per heavy atom. The molecule has 0 radical (unpaired) electrons. The van der Waals surface area contributed by atoms with Crippen molar-refractivity contribution in [1.82, 2.24) is 23.1 Å². The predicted octanol–water partition coefficient (Wildman–Crippen LogP) is 0.703. The Labute approximate surface area is 141 Å². The number of carbonyl (C=O) groups is 1. The van der Waals surface area contributed by atoms with Gasteiger partial charge in [-0.2, -0.15) is 4.98 Å². The van der Waals surface area contributed by atoms with Crippen LogP contribution in [-0.2, 0) is 21.1 Å². The second-order valence-corrected chi connectivity index (χ2v) is 5.90. The van der Waals surface area contributed by atoms with Crippen LogP contribution in [0.5, 0.6) is 0 Å². The minimum atomic E-state index is -0.487. The maximum Gasteiger partial charge on any atom is 0.332 e. The molecular formula is C17H15N5O3. The van der Waals surface area contributed by atoms with Gasteiger partial charge in [-0.25, -0.2) is 4.79 Å². The molecule has 0 atom stereocenters. The van der Waals surface area contributed by atoms with Gasteiger partial charge in [-0.3, -0.25) is 23.1 Å². The van der Waals surface area contributed by atoms with Crippen LogP contribution in [0.2, 0.25) is 0 Å². The second kappa shape index (κ2) is 5.04. The highest BCUT2D eigenvalue weighted by atomic mass is 16.2. The molecule has 1 aromatic carbocycles. The smallest absolute Gasteiger partial charge is 0.312 e. The molecular weight excluding hydrogens is 322 g/mol. The summed E-state index contributed by atoms with van der Waals surface area (Å²) in [4.78, 5) is 41.1. The molecule has 0 fully saturated rings. The van der Waals surface area contributed by atoms with Crippen LogP contribution in [0, 0.1) is 0 Å². The lowest BCUT2D eigenvalue weighted by atomic mass is 10.1. The first-order valence-electron chi connectivity index (χ1n) is 7.64. The van der Waals surface area contributed by atoms with Crippen LogP contribution in [0.1, 0.15) is 10.5 Å². The van der Waals surface area contributed by atoms with Crippen molar-refractivity contribution in [3.8, 4) is 11.3 Å². The maximum absolute atomic E-state index is 12.7. The molecule has 3 heterocycles. The van der Waals surface area contributed by atoms with Gasteiger partial charge in [0.2, 0.25) is 5.78 Å². The summed E-state index contributed by atoms with van der Waals surface area (Å²) in [5.41, 5.74) is 1.34. The van der Waals surface area contributed by atoms with Gasteiger partial charge < -0.3 is 4.57 Å². The Hall–Kier alpha value is -3.42. The number of aryl methyl sites for hydroxylation is 2. The highest BCUT2D eigenvalue weighted by Crippen LogP contribution is 2.27. The summed E-state index contributed by atoms with van der Waals surface area (Å²) >= 11 is 0. The topological polar surface area (TPSA) is 83.3 Å². The molecule has 3 aromatic heterocycles. The van der Waals surface area contributed by atoms with E-state index in [2.05, 4.69) is 4.98 Å². The Morgan fingerprint density at radius 2 is 1.64 bits per heavy atom. The fraction of sp³-hybridized carbons (Fsp3) is 0.176.